The molecule has 76 valence electrons. The van der Waals surface area contributed by atoms with Gasteiger partial charge in [0.05, 0.1) is 6.20 Å². The van der Waals surface area contributed by atoms with E-state index in [2.05, 4.69) is 10.3 Å². The van der Waals surface area contributed by atoms with E-state index in [4.69, 9.17) is 11.6 Å². The van der Waals surface area contributed by atoms with Gasteiger partial charge in [-0.15, -0.1) is 5.10 Å². The van der Waals surface area contributed by atoms with Gasteiger partial charge in [0.15, 0.2) is 5.69 Å². The Hall–Kier alpha value is -1.75. The van der Waals surface area contributed by atoms with Gasteiger partial charge in [0.25, 0.3) is 5.24 Å². The normalized spacial score (nSPS) is 10.3. The SMILES string of the molecule is O=C(Cl)c1cn(-c2ccccc2F)nn1. The lowest BCUT2D eigenvalue weighted by Gasteiger charge is -1.99. The van der Waals surface area contributed by atoms with Crippen LogP contribution >= 0.6 is 11.6 Å². The molecule has 1 heterocycles. The van der Waals surface area contributed by atoms with E-state index in [0.717, 1.165) is 4.68 Å². The van der Waals surface area contributed by atoms with Gasteiger partial charge in [-0.1, -0.05) is 17.3 Å². The molecule has 6 heteroatoms. The van der Waals surface area contributed by atoms with E-state index < -0.39 is 11.1 Å². The molecule has 0 N–H and O–H groups in total. The third-order valence-electron chi connectivity index (χ3n) is 1.79. The maximum atomic E-state index is 13.3. The first-order valence-corrected chi connectivity index (χ1v) is 4.43. The van der Waals surface area contributed by atoms with Gasteiger partial charge in [-0.3, -0.25) is 4.79 Å². The molecule has 0 atom stereocenters. The number of halogens is 2. The van der Waals surface area contributed by atoms with Crippen LogP contribution in [0.2, 0.25) is 0 Å². The smallest absolute Gasteiger partial charge is 0.274 e. The molecule has 0 aliphatic rings. The number of hydrogen-bond acceptors (Lipinski definition) is 3. The minimum absolute atomic E-state index is 0.0140. The summed E-state index contributed by atoms with van der Waals surface area (Å²) in [5.74, 6) is -0.448. The highest BCUT2D eigenvalue weighted by Crippen LogP contribution is 2.11. The highest BCUT2D eigenvalue weighted by molar-refractivity contribution is 6.67. The molecule has 0 fully saturated rings. The monoisotopic (exact) mass is 225 g/mol. The molecule has 4 nitrogen and oxygen atoms in total. The molecule has 1 aromatic heterocycles. The van der Waals surface area contributed by atoms with E-state index in [1.54, 1.807) is 12.1 Å². The maximum absolute atomic E-state index is 13.3. The molecule has 1 aromatic carbocycles. The average molecular weight is 226 g/mol. The first-order chi connectivity index (χ1) is 7.18. The molecule has 0 bridgehead atoms. The van der Waals surface area contributed by atoms with Crippen molar-refractivity contribution < 1.29 is 9.18 Å². The highest BCUT2D eigenvalue weighted by Gasteiger charge is 2.10. The van der Waals surface area contributed by atoms with Crippen LogP contribution in [0.15, 0.2) is 30.5 Å². The van der Waals surface area contributed by atoms with E-state index in [0.29, 0.717) is 0 Å². The molecule has 0 aliphatic heterocycles. The van der Waals surface area contributed by atoms with Crippen LogP contribution in [0.1, 0.15) is 10.5 Å². The number of para-hydroxylation sites is 1. The largest absolute Gasteiger partial charge is 0.274 e. The molecule has 0 spiro atoms. The third kappa shape index (κ3) is 1.87. The lowest BCUT2D eigenvalue weighted by Crippen LogP contribution is -1.97. The molecular formula is C9H5ClFN3O. The summed E-state index contributed by atoms with van der Waals surface area (Å²) < 4.78 is 14.4. The zero-order chi connectivity index (χ0) is 10.8. The van der Waals surface area contributed by atoms with Gasteiger partial charge in [-0.25, -0.2) is 9.07 Å². The van der Waals surface area contributed by atoms with Crippen LogP contribution in [0.4, 0.5) is 4.39 Å². The van der Waals surface area contributed by atoms with Crippen molar-refractivity contribution in [2.75, 3.05) is 0 Å². The van der Waals surface area contributed by atoms with E-state index in [1.807, 2.05) is 0 Å². The van der Waals surface area contributed by atoms with Crippen LogP contribution < -0.4 is 0 Å². The molecule has 0 amide bonds. The molecule has 0 saturated heterocycles. The summed E-state index contributed by atoms with van der Waals surface area (Å²) in [5, 5.41) is 6.36. The van der Waals surface area contributed by atoms with Crippen LogP contribution in [0, 0.1) is 5.82 Å². The number of hydrogen-bond donors (Lipinski definition) is 0. The Labute approximate surface area is 89.3 Å². The van der Waals surface area contributed by atoms with Crippen molar-refractivity contribution in [3.8, 4) is 5.69 Å². The van der Waals surface area contributed by atoms with Crippen LogP contribution in [0.5, 0.6) is 0 Å². The van der Waals surface area contributed by atoms with Crippen molar-refractivity contribution >= 4 is 16.8 Å². The summed E-state index contributed by atoms with van der Waals surface area (Å²) in [6, 6.07) is 6.03. The lowest BCUT2D eigenvalue weighted by molar-refractivity contribution is 0.107. The Morgan fingerprint density at radius 2 is 2.13 bits per heavy atom. The first kappa shape index (κ1) is 9.79. The van der Waals surface area contributed by atoms with Gasteiger partial charge in [0, 0.05) is 0 Å². The standard InChI is InChI=1S/C9H5ClFN3O/c10-9(15)7-5-14(13-12-7)8-4-2-1-3-6(8)11/h1-5H. The van der Waals surface area contributed by atoms with Crippen molar-refractivity contribution in [1.29, 1.82) is 0 Å². The second-order valence-corrected chi connectivity index (χ2v) is 3.12. The summed E-state index contributed by atoms with van der Waals surface area (Å²) in [7, 11) is 0. The van der Waals surface area contributed by atoms with Crippen molar-refractivity contribution in [2.24, 2.45) is 0 Å². The Balaban J connectivity index is 2.46. The van der Waals surface area contributed by atoms with E-state index in [9.17, 15) is 9.18 Å². The number of benzene rings is 1. The van der Waals surface area contributed by atoms with Crippen molar-refractivity contribution in [2.45, 2.75) is 0 Å². The summed E-state index contributed by atoms with van der Waals surface area (Å²) in [6.45, 7) is 0. The first-order valence-electron chi connectivity index (χ1n) is 4.05. The van der Waals surface area contributed by atoms with E-state index in [1.165, 1.54) is 18.3 Å². The summed E-state index contributed by atoms with van der Waals surface area (Å²) in [4.78, 5) is 10.7. The molecule has 2 rings (SSSR count). The fourth-order valence-electron chi connectivity index (χ4n) is 1.11. The fraction of sp³-hybridized carbons (Fsp3) is 0. The molecule has 0 saturated carbocycles. The minimum atomic E-state index is -0.724. The minimum Gasteiger partial charge on any atom is -0.274 e. The number of rotatable bonds is 2. The van der Waals surface area contributed by atoms with Gasteiger partial charge in [0.1, 0.15) is 11.5 Å². The van der Waals surface area contributed by atoms with Gasteiger partial charge < -0.3 is 0 Å². The van der Waals surface area contributed by atoms with Crippen molar-refractivity contribution in [3.63, 3.8) is 0 Å². The number of carbonyl (C=O) groups is 1. The van der Waals surface area contributed by atoms with Gasteiger partial charge in [-0.05, 0) is 23.7 Å². The average Bonchev–Trinajstić information content (AvgIpc) is 2.67. The predicted molar refractivity (Wildman–Crippen MR) is 51.5 cm³/mol. The Bertz CT molecular complexity index is 512. The van der Waals surface area contributed by atoms with Crippen LogP contribution in [0.3, 0.4) is 0 Å². The second kappa shape index (κ2) is 3.78. The number of nitrogens with zero attached hydrogens (tertiary/aromatic N) is 3. The second-order valence-electron chi connectivity index (χ2n) is 2.77. The van der Waals surface area contributed by atoms with Crippen LogP contribution in [0.25, 0.3) is 5.69 Å². The summed E-state index contributed by atoms with van der Waals surface area (Å²) >= 11 is 5.20. The summed E-state index contributed by atoms with van der Waals surface area (Å²) in [5.41, 5.74) is 0.203. The van der Waals surface area contributed by atoms with E-state index in [-0.39, 0.29) is 11.4 Å². The van der Waals surface area contributed by atoms with Crippen molar-refractivity contribution in [3.05, 3.63) is 42.0 Å². The molecular weight excluding hydrogens is 221 g/mol. The molecule has 15 heavy (non-hydrogen) atoms. The topological polar surface area (TPSA) is 47.8 Å². The summed E-state index contributed by atoms with van der Waals surface area (Å²) in [6.07, 6.45) is 1.27. The van der Waals surface area contributed by atoms with Crippen LogP contribution in [-0.2, 0) is 0 Å². The quantitative estimate of drug-likeness (QED) is 0.732. The Morgan fingerprint density at radius 3 is 2.73 bits per heavy atom. The highest BCUT2D eigenvalue weighted by atomic mass is 35.5. The molecule has 0 unspecified atom stereocenters. The van der Waals surface area contributed by atoms with Gasteiger partial charge in [-0.2, -0.15) is 0 Å². The van der Waals surface area contributed by atoms with Crippen molar-refractivity contribution in [1.82, 2.24) is 15.0 Å². The Morgan fingerprint density at radius 1 is 1.40 bits per heavy atom. The van der Waals surface area contributed by atoms with E-state index >= 15 is 0 Å². The lowest BCUT2D eigenvalue weighted by atomic mass is 10.3. The zero-order valence-corrected chi connectivity index (χ0v) is 8.15. The number of aromatic nitrogens is 3. The fourth-order valence-corrected chi connectivity index (χ4v) is 1.20. The number of carbonyl (C=O) groups excluding carboxylic acids is 1. The van der Waals surface area contributed by atoms with Crippen LogP contribution in [-0.4, -0.2) is 20.2 Å². The third-order valence-corrected chi connectivity index (χ3v) is 1.99. The predicted octanol–water partition coefficient (Wildman–Crippen LogP) is 1.79. The van der Waals surface area contributed by atoms with Gasteiger partial charge >= 0.3 is 0 Å². The van der Waals surface area contributed by atoms with Gasteiger partial charge in [0.2, 0.25) is 0 Å². The Kier molecular flexibility index (Phi) is 2.47. The molecule has 2 aromatic rings. The maximum Gasteiger partial charge on any atom is 0.274 e. The molecule has 0 radical (unpaired) electrons. The molecule has 0 aliphatic carbocycles. The zero-order valence-electron chi connectivity index (χ0n) is 7.39.